The van der Waals surface area contributed by atoms with Crippen LogP contribution in [0.4, 0.5) is 5.69 Å². The fourth-order valence-corrected chi connectivity index (χ4v) is 3.37. The molecule has 0 bridgehead atoms. The second kappa shape index (κ2) is 6.22. The topological polar surface area (TPSA) is 66.8 Å². The van der Waals surface area contributed by atoms with Gasteiger partial charge in [0.25, 0.3) is 0 Å². The third kappa shape index (κ3) is 3.05. The van der Waals surface area contributed by atoms with Crippen LogP contribution in [0.15, 0.2) is 24.3 Å². The molecule has 0 heterocycles. The molecule has 1 amide bonds. The molecule has 5 heteroatoms. The number of methoxy groups -OCH3 is 1. The van der Waals surface area contributed by atoms with Crippen molar-refractivity contribution in [2.75, 3.05) is 12.0 Å². The molecule has 5 nitrogen and oxygen atoms in total. The number of carbonyl (C=O) groups excluding carboxylic acids is 1. The highest BCUT2D eigenvalue weighted by molar-refractivity contribution is 5.98. The van der Waals surface area contributed by atoms with Gasteiger partial charge in [0.05, 0.1) is 18.9 Å². The van der Waals surface area contributed by atoms with Gasteiger partial charge < -0.3 is 14.7 Å². The number of anilines is 1. The van der Waals surface area contributed by atoms with Crippen molar-refractivity contribution in [1.82, 2.24) is 0 Å². The molecule has 3 atom stereocenters. The predicted octanol–water partition coefficient (Wildman–Crippen LogP) is 2.94. The number of amides is 1. The third-order valence-electron chi connectivity index (χ3n) is 5.21. The van der Waals surface area contributed by atoms with Crippen LogP contribution >= 0.6 is 0 Å². The minimum Gasteiger partial charge on any atom is -0.497 e. The average Bonchev–Trinajstić information content (AvgIpc) is 3.31. The Bertz CT molecular complexity index is 594. The van der Waals surface area contributed by atoms with Gasteiger partial charge in [0.1, 0.15) is 5.75 Å². The first-order chi connectivity index (χ1) is 11.0. The maximum absolute atomic E-state index is 13.0. The summed E-state index contributed by atoms with van der Waals surface area (Å²) in [7, 11) is 1.61. The molecular weight excluding hydrogens is 294 g/mol. The molecule has 2 aliphatic carbocycles. The van der Waals surface area contributed by atoms with Crippen molar-refractivity contribution < 1.29 is 19.4 Å². The molecule has 1 aromatic rings. The highest BCUT2D eigenvalue weighted by Gasteiger charge is 2.46. The molecule has 0 radical (unpaired) electrons. The zero-order chi connectivity index (χ0) is 16.6. The van der Waals surface area contributed by atoms with Crippen LogP contribution in [0.2, 0.25) is 0 Å². The minimum absolute atomic E-state index is 0.0479. The Morgan fingerprint density at radius 3 is 2.17 bits per heavy atom. The van der Waals surface area contributed by atoms with E-state index in [-0.39, 0.29) is 11.9 Å². The number of aliphatic carboxylic acids is 1. The molecule has 1 aromatic carbocycles. The summed E-state index contributed by atoms with van der Waals surface area (Å²) in [4.78, 5) is 26.1. The van der Waals surface area contributed by atoms with Crippen molar-refractivity contribution in [2.45, 2.75) is 38.6 Å². The standard InChI is InChI=1S/C18H23NO4/c1-11(12-3-4-12)19(13-5-7-14(23-2)8-6-13)17(20)15-9-10-16(15)18(21)22/h5-8,11-12,15-16H,3-4,9-10H2,1-2H3,(H,21,22). The van der Waals surface area contributed by atoms with Crippen molar-refractivity contribution >= 4 is 17.6 Å². The second-order valence-corrected chi connectivity index (χ2v) is 6.61. The number of hydrogen-bond donors (Lipinski definition) is 1. The van der Waals surface area contributed by atoms with E-state index in [4.69, 9.17) is 4.74 Å². The van der Waals surface area contributed by atoms with E-state index in [2.05, 4.69) is 6.92 Å². The number of benzene rings is 1. The molecule has 3 rings (SSSR count). The van der Waals surface area contributed by atoms with Gasteiger partial charge in [0, 0.05) is 11.7 Å². The molecule has 23 heavy (non-hydrogen) atoms. The quantitative estimate of drug-likeness (QED) is 0.876. The molecule has 124 valence electrons. The summed E-state index contributed by atoms with van der Waals surface area (Å²) in [5.74, 6) is -0.571. The summed E-state index contributed by atoms with van der Waals surface area (Å²) in [5.41, 5.74) is 0.825. The van der Waals surface area contributed by atoms with Crippen LogP contribution in [-0.2, 0) is 9.59 Å². The Balaban J connectivity index is 1.85. The van der Waals surface area contributed by atoms with E-state index < -0.39 is 17.8 Å². The molecule has 2 aliphatic rings. The summed E-state index contributed by atoms with van der Waals surface area (Å²) in [5, 5.41) is 9.25. The van der Waals surface area contributed by atoms with Gasteiger partial charge in [-0.3, -0.25) is 9.59 Å². The van der Waals surface area contributed by atoms with Crippen LogP contribution in [0, 0.1) is 17.8 Å². The number of carboxylic acids is 1. The summed E-state index contributed by atoms with van der Waals surface area (Å²) in [6, 6.07) is 7.54. The lowest BCUT2D eigenvalue weighted by Crippen LogP contribution is -2.50. The average molecular weight is 317 g/mol. The summed E-state index contributed by atoms with van der Waals surface area (Å²) in [6.07, 6.45) is 3.53. The van der Waals surface area contributed by atoms with E-state index in [0.29, 0.717) is 18.8 Å². The van der Waals surface area contributed by atoms with Crippen molar-refractivity contribution in [2.24, 2.45) is 17.8 Å². The number of carbonyl (C=O) groups is 2. The molecule has 1 N–H and O–H groups in total. The first-order valence-corrected chi connectivity index (χ1v) is 8.23. The van der Waals surface area contributed by atoms with Gasteiger partial charge in [-0.05, 0) is 62.8 Å². The summed E-state index contributed by atoms with van der Waals surface area (Å²) < 4.78 is 5.18. The zero-order valence-corrected chi connectivity index (χ0v) is 13.6. The maximum Gasteiger partial charge on any atom is 0.307 e. The van der Waals surface area contributed by atoms with E-state index in [1.54, 1.807) is 7.11 Å². The fourth-order valence-electron chi connectivity index (χ4n) is 3.37. The SMILES string of the molecule is COc1ccc(N(C(=O)C2CCC2C(=O)O)C(C)C2CC2)cc1. The number of hydrogen-bond acceptors (Lipinski definition) is 3. The Kier molecular flexibility index (Phi) is 4.28. The Morgan fingerprint density at radius 2 is 1.74 bits per heavy atom. The second-order valence-electron chi connectivity index (χ2n) is 6.61. The van der Waals surface area contributed by atoms with E-state index in [9.17, 15) is 14.7 Å². The van der Waals surface area contributed by atoms with Gasteiger partial charge in [-0.15, -0.1) is 0 Å². The van der Waals surface area contributed by atoms with E-state index in [1.807, 2.05) is 29.2 Å². The largest absolute Gasteiger partial charge is 0.497 e. The lowest BCUT2D eigenvalue weighted by atomic mass is 9.72. The number of nitrogens with zero attached hydrogens (tertiary/aromatic N) is 1. The van der Waals surface area contributed by atoms with Crippen molar-refractivity contribution in [3.8, 4) is 5.75 Å². The molecule has 0 spiro atoms. The van der Waals surface area contributed by atoms with Crippen LogP contribution in [0.5, 0.6) is 5.75 Å². The predicted molar refractivity (Wildman–Crippen MR) is 86.5 cm³/mol. The van der Waals surface area contributed by atoms with Crippen LogP contribution in [0.25, 0.3) is 0 Å². The Hall–Kier alpha value is -2.04. The molecule has 0 saturated heterocycles. The van der Waals surface area contributed by atoms with E-state index >= 15 is 0 Å². The van der Waals surface area contributed by atoms with Crippen LogP contribution in [0.3, 0.4) is 0 Å². The van der Waals surface area contributed by atoms with Crippen LogP contribution in [-0.4, -0.2) is 30.1 Å². The van der Waals surface area contributed by atoms with Gasteiger partial charge in [0.15, 0.2) is 0 Å². The van der Waals surface area contributed by atoms with E-state index in [0.717, 1.165) is 24.3 Å². The summed E-state index contributed by atoms with van der Waals surface area (Å²) >= 11 is 0. The smallest absolute Gasteiger partial charge is 0.307 e. The van der Waals surface area contributed by atoms with Gasteiger partial charge in [-0.1, -0.05) is 0 Å². The van der Waals surface area contributed by atoms with Gasteiger partial charge in [0.2, 0.25) is 5.91 Å². The summed E-state index contributed by atoms with van der Waals surface area (Å²) in [6.45, 7) is 2.06. The van der Waals surface area contributed by atoms with Crippen LogP contribution in [0.1, 0.15) is 32.6 Å². The van der Waals surface area contributed by atoms with Crippen molar-refractivity contribution in [1.29, 1.82) is 0 Å². The monoisotopic (exact) mass is 317 g/mol. The molecule has 3 unspecified atom stereocenters. The van der Waals surface area contributed by atoms with Crippen molar-refractivity contribution in [3.63, 3.8) is 0 Å². The van der Waals surface area contributed by atoms with Crippen LogP contribution < -0.4 is 9.64 Å². The third-order valence-corrected chi connectivity index (χ3v) is 5.21. The minimum atomic E-state index is -0.858. The lowest BCUT2D eigenvalue weighted by molar-refractivity contribution is -0.152. The lowest BCUT2D eigenvalue weighted by Gasteiger charge is -2.39. The van der Waals surface area contributed by atoms with Gasteiger partial charge >= 0.3 is 5.97 Å². The normalized spacial score (nSPS) is 24.4. The fraction of sp³-hybridized carbons (Fsp3) is 0.556. The van der Waals surface area contributed by atoms with Crippen molar-refractivity contribution in [3.05, 3.63) is 24.3 Å². The number of rotatable bonds is 6. The zero-order valence-electron chi connectivity index (χ0n) is 13.6. The molecule has 2 saturated carbocycles. The maximum atomic E-state index is 13.0. The molecule has 0 aromatic heterocycles. The van der Waals surface area contributed by atoms with Gasteiger partial charge in [-0.25, -0.2) is 0 Å². The molecule has 0 aliphatic heterocycles. The number of carboxylic acid groups (broad SMARTS) is 1. The number of ether oxygens (including phenoxy) is 1. The Labute approximate surface area is 136 Å². The first-order valence-electron chi connectivity index (χ1n) is 8.23. The Morgan fingerprint density at radius 1 is 1.13 bits per heavy atom. The molecule has 2 fully saturated rings. The van der Waals surface area contributed by atoms with Gasteiger partial charge in [-0.2, -0.15) is 0 Å². The first kappa shape index (κ1) is 15.8. The highest BCUT2D eigenvalue weighted by atomic mass is 16.5. The molecular formula is C18H23NO4. The van der Waals surface area contributed by atoms with E-state index in [1.165, 1.54) is 0 Å². The highest BCUT2D eigenvalue weighted by Crippen LogP contribution is 2.41.